The first-order valence-electron chi connectivity index (χ1n) is 5.91. The highest BCUT2D eigenvalue weighted by molar-refractivity contribution is 5.92. The van der Waals surface area contributed by atoms with Gasteiger partial charge in [-0.2, -0.15) is 0 Å². The fourth-order valence-electron chi connectivity index (χ4n) is 1.30. The van der Waals surface area contributed by atoms with E-state index in [4.69, 9.17) is 4.84 Å². The molecule has 0 heterocycles. The summed E-state index contributed by atoms with van der Waals surface area (Å²) in [6, 6.07) is 8.73. The maximum absolute atomic E-state index is 11.8. The van der Waals surface area contributed by atoms with Crippen LogP contribution >= 0.6 is 0 Å². The Kier molecular flexibility index (Phi) is 5.17. The lowest BCUT2D eigenvalue weighted by Gasteiger charge is -2.21. The van der Waals surface area contributed by atoms with Crippen LogP contribution in [0, 0.1) is 0 Å². The zero-order valence-electron chi connectivity index (χ0n) is 10.8. The summed E-state index contributed by atoms with van der Waals surface area (Å²) >= 11 is 0. The van der Waals surface area contributed by atoms with Crippen LogP contribution in [0.1, 0.15) is 27.2 Å². The fraction of sp³-hybridized carbons (Fsp3) is 0.385. The van der Waals surface area contributed by atoms with Gasteiger partial charge in [0, 0.05) is 12.5 Å². The molecule has 98 valence electrons. The number of amides is 2. The van der Waals surface area contributed by atoms with Crippen LogP contribution in [-0.4, -0.2) is 18.0 Å². The Labute approximate surface area is 107 Å². The second-order valence-corrected chi connectivity index (χ2v) is 4.06. The first-order valence-corrected chi connectivity index (χ1v) is 5.91. The van der Waals surface area contributed by atoms with Gasteiger partial charge in [0.25, 0.3) is 5.91 Å². The minimum Gasteiger partial charge on any atom is -0.317 e. The van der Waals surface area contributed by atoms with E-state index in [1.807, 2.05) is 19.9 Å². The van der Waals surface area contributed by atoms with Crippen LogP contribution in [0.2, 0.25) is 0 Å². The number of hydrogen-bond donors (Lipinski definition) is 1. The predicted molar refractivity (Wildman–Crippen MR) is 69.0 cm³/mol. The standard InChI is InChI=1S/C13H18N2O3/c1-4-12(16)15(11-8-6-5-7-9-11)18-13(17)14-10(2)3/h5-10H,4H2,1-3H3,(H,14,17). The molecule has 0 fully saturated rings. The van der Waals surface area contributed by atoms with Gasteiger partial charge < -0.3 is 10.2 Å². The quantitative estimate of drug-likeness (QED) is 0.838. The number of carbonyl (C=O) groups excluding carboxylic acids is 2. The van der Waals surface area contributed by atoms with Crippen molar-refractivity contribution in [3.8, 4) is 0 Å². The molecule has 0 aliphatic rings. The smallest absolute Gasteiger partial charge is 0.317 e. The molecule has 0 aromatic heterocycles. The Bertz CT molecular complexity index is 404. The lowest BCUT2D eigenvalue weighted by Crippen LogP contribution is -2.39. The normalized spacial score (nSPS) is 10.0. The van der Waals surface area contributed by atoms with Gasteiger partial charge in [-0.1, -0.05) is 25.1 Å². The summed E-state index contributed by atoms with van der Waals surface area (Å²) in [4.78, 5) is 28.3. The topological polar surface area (TPSA) is 58.6 Å². The monoisotopic (exact) mass is 250 g/mol. The molecule has 0 aliphatic heterocycles. The van der Waals surface area contributed by atoms with E-state index in [-0.39, 0.29) is 18.4 Å². The van der Waals surface area contributed by atoms with Gasteiger partial charge in [0.2, 0.25) is 0 Å². The third kappa shape index (κ3) is 4.08. The number of hydrogen-bond acceptors (Lipinski definition) is 3. The molecule has 0 saturated carbocycles. The van der Waals surface area contributed by atoms with Crippen LogP contribution in [0.5, 0.6) is 0 Å². The zero-order valence-corrected chi connectivity index (χ0v) is 10.8. The molecular weight excluding hydrogens is 232 g/mol. The van der Waals surface area contributed by atoms with Gasteiger partial charge in [0.05, 0.1) is 5.69 Å². The number of nitrogens with zero attached hydrogens (tertiary/aromatic N) is 1. The van der Waals surface area contributed by atoms with Crippen LogP contribution in [0.4, 0.5) is 10.5 Å². The number of benzene rings is 1. The fourth-order valence-corrected chi connectivity index (χ4v) is 1.30. The van der Waals surface area contributed by atoms with E-state index < -0.39 is 6.09 Å². The molecule has 0 atom stereocenters. The van der Waals surface area contributed by atoms with E-state index >= 15 is 0 Å². The maximum Gasteiger partial charge on any atom is 0.432 e. The average Bonchev–Trinajstić information content (AvgIpc) is 2.35. The summed E-state index contributed by atoms with van der Waals surface area (Å²) in [6.07, 6.45) is -0.389. The maximum atomic E-state index is 11.8. The molecule has 18 heavy (non-hydrogen) atoms. The second-order valence-electron chi connectivity index (χ2n) is 4.06. The van der Waals surface area contributed by atoms with Crippen molar-refractivity contribution < 1.29 is 14.4 Å². The molecule has 0 unspecified atom stereocenters. The molecule has 0 aliphatic carbocycles. The van der Waals surface area contributed by atoms with E-state index in [0.29, 0.717) is 5.69 Å². The van der Waals surface area contributed by atoms with E-state index in [2.05, 4.69) is 5.32 Å². The Hall–Kier alpha value is -2.04. The van der Waals surface area contributed by atoms with Gasteiger partial charge in [0.1, 0.15) is 0 Å². The van der Waals surface area contributed by atoms with E-state index in [0.717, 1.165) is 5.06 Å². The highest BCUT2D eigenvalue weighted by atomic mass is 16.7. The van der Waals surface area contributed by atoms with Crippen LogP contribution in [0.15, 0.2) is 30.3 Å². The summed E-state index contributed by atoms with van der Waals surface area (Å²) in [5.41, 5.74) is 0.531. The van der Waals surface area contributed by atoms with Crippen molar-refractivity contribution in [2.75, 3.05) is 5.06 Å². The van der Waals surface area contributed by atoms with Gasteiger partial charge in [-0.15, -0.1) is 5.06 Å². The number of rotatable bonds is 3. The van der Waals surface area contributed by atoms with E-state index in [1.54, 1.807) is 31.2 Å². The first-order chi connectivity index (χ1) is 8.54. The van der Waals surface area contributed by atoms with Gasteiger partial charge in [0.15, 0.2) is 0 Å². The Morgan fingerprint density at radius 1 is 1.28 bits per heavy atom. The van der Waals surface area contributed by atoms with Crippen molar-refractivity contribution in [2.45, 2.75) is 33.2 Å². The molecule has 1 rings (SSSR count). The number of para-hydroxylation sites is 1. The van der Waals surface area contributed by atoms with Gasteiger partial charge in [-0.25, -0.2) is 4.79 Å². The van der Waals surface area contributed by atoms with Crippen molar-refractivity contribution >= 4 is 17.7 Å². The highest BCUT2D eigenvalue weighted by Crippen LogP contribution is 2.15. The Morgan fingerprint density at radius 3 is 2.39 bits per heavy atom. The molecule has 0 bridgehead atoms. The Balaban J connectivity index is 2.80. The van der Waals surface area contributed by atoms with E-state index in [1.165, 1.54) is 0 Å². The molecule has 2 amide bonds. The number of carbonyl (C=O) groups is 2. The molecule has 0 saturated heterocycles. The van der Waals surface area contributed by atoms with Gasteiger partial charge in [-0.05, 0) is 26.0 Å². The molecule has 1 N–H and O–H groups in total. The summed E-state index contributed by atoms with van der Waals surface area (Å²) in [6.45, 7) is 5.34. The zero-order chi connectivity index (χ0) is 13.5. The summed E-state index contributed by atoms with van der Waals surface area (Å²) in [7, 11) is 0. The van der Waals surface area contributed by atoms with Crippen molar-refractivity contribution in [1.82, 2.24) is 5.32 Å². The molecular formula is C13H18N2O3. The lowest BCUT2D eigenvalue weighted by molar-refractivity contribution is -0.123. The van der Waals surface area contributed by atoms with E-state index in [9.17, 15) is 9.59 Å². The lowest BCUT2D eigenvalue weighted by atomic mass is 10.3. The number of nitrogens with one attached hydrogen (secondary N) is 1. The van der Waals surface area contributed by atoms with Crippen molar-refractivity contribution in [3.63, 3.8) is 0 Å². The third-order valence-electron chi connectivity index (χ3n) is 2.10. The van der Waals surface area contributed by atoms with Crippen LogP contribution in [0.3, 0.4) is 0 Å². The number of anilines is 1. The van der Waals surface area contributed by atoms with Crippen LogP contribution in [-0.2, 0) is 9.63 Å². The van der Waals surface area contributed by atoms with Crippen molar-refractivity contribution in [1.29, 1.82) is 0 Å². The van der Waals surface area contributed by atoms with Crippen molar-refractivity contribution in [2.24, 2.45) is 0 Å². The molecule has 5 nitrogen and oxygen atoms in total. The largest absolute Gasteiger partial charge is 0.432 e. The second kappa shape index (κ2) is 6.64. The number of hydroxylamine groups is 1. The van der Waals surface area contributed by atoms with Crippen LogP contribution in [0.25, 0.3) is 0 Å². The predicted octanol–water partition coefficient (Wildman–Crippen LogP) is 2.48. The molecule has 1 aromatic carbocycles. The summed E-state index contributed by atoms with van der Waals surface area (Å²) in [5.74, 6) is -0.278. The minimum absolute atomic E-state index is 0.0492. The van der Waals surface area contributed by atoms with Crippen molar-refractivity contribution in [3.05, 3.63) is 30.3 Å². The molecule has 0 radical (unpaired) electrons. The molecule has 5 heteroatoms. The Morgan fingerprint density at radius 2 is 1.89 bits per heavy atom. The third-order valence-corrected chi connectivity index (χ3v) is 2.10. The first kappa shape index (κ1) is 14.0. The molecule has 0 spiro atoms. The highest BCUT2D eigenvalue weighted by Gasteiger charge is 2.19. The average molecular weight is 250 g/mol. The summed E-state index contributed by atoms with van der Waals surface area (Å²) < 4.78 is 0. The SMILES string of the molecule is CCC(=O)N(OC(=O)NC(C)C)c1ccccc1. The van der Waals surface area contributed by atoms with Gasteiger partial charge >= 0.3 is 6.09 Å². The van der Waals surface area contributed by atoms with Crippen LogP contribution < -0.4 is 10.4 Å². The summed E-state index contributed by atoms with van der Waals surface area (Å²) in [5, 5.41) is 3.58. The minimum atomic E-state index is -0.643. The van der Waals surface area contributed by atoms with Gasteiger partial charge in [-0.3, -0.25) is 4.79 Å². The molecule has 1 aromatic rings.